The van der Waals surface area contributed by atoms with Crippen molar-refractivity contribution in [2.45, 2.75) is 69.0 Å². The summed E-state index contributed by atoms with van der Waals surface area (Å²) in [4.78, 5) is 29.3. The number of anilines is 1. The monoisotopic (exact) mass is 607 g/mol. The van der Waals surface area contributed by atoms with Crippen LogP contribution in [0.25, 0.3) is 0 Å². The molecule has 1 unspecified atom stereocenters. The summed E-state index contributed by atoms with van der Waals surface area (Å²) in [5.74, 6) is -0.0678. The van der Waals surface area contributed by atoms with Crippen molar-refractivity contribution in [1.82, 2.24) is 10.2 Å². The lowest BCUT2D eigenvalue weighted by molar-refractivity contribution is -0.140. The molecule has 1 N–H and O–H groups in total. The van der Waals surface area contributed by atoms with Crippen LogP contribution in [0, 0.1) is 0 Å². The first-order valence-electron chi connectivity index (χ1n) is 14.7. The molecule has 1 atom stereocenters. The summed E-state index contributed by atoms with van der Waals surface area (Å²) in [6, 6.07) is 21.5. The molecule has 0 heterocycles. The molecule has 4 rings (SSSR count). The van der Waals surface area contributed by atoms with E-state index in [4.69, 9.17) is 9.47 Å². The van der Waals surface area contributed by atoms with Crippen LogP contribution in [0.2, 0.25) is 0 Å². The van der Waals surface area contributed by atoms with Gasteiger partial charge in [0.1, 0.15) is 12.6 Å². The Labute approximate surface area is 254 Å². The van der Waals surface area contributed by atoms with Crippen molar-refractivity contribution in [1.29, 1.82) is 0 Å². The van der Waals surface area contributed by atoms with Crippen LogP contribution in [-0.2, 0) is 26.2 Å². The molecule has 1 fully saturated rings. The molecule has 10 heteroatoms. The number of hydrogen-bond acceptors (Lipinski definition) is 6. The standard InChI is InChI=1S/C33H41N3O6S/c1-4-29(33(38)34-26-16-10-6-11-17-26)35(23-25-14-8-5-9-15-25)32(37)24-36(27-18-12-7-13-19-27)43(39,40)28-20-21-30(41-2)31(22-28)42-3/h5,7-9,12-15,18-22,26,29H,4,6,10-11,16-17,23-24H2,1-3H3,(H,34,38). The quantitative estimate of drug-likeness (QED) is 0.288. The molecule has 0 radical (unpaired) electrons. The summed E-state index contributed by atoms with van der Waals surface area (Å²) >= 11 is 0. The van der Waals surface area contributed by atoms with Crippen molar-refractivity contribution >= 4 is 27.5 Å². The SMILES string of the molecule is CCC(C(=O)NC1CCCCC1)N(Cc1ccccc1)C(=O)CN(c1ccccc1)S(=O)(=O)c1ccc(OC)c(OC)c1. The lowest BCUT2D eigenvalue weighted by Gasteiger charge is -2.34. The minimum Gasteiger partial charge on any atom is -0.493 e. The van der Waals surface area contributed by atoms with Crippen molar-refractivity contribution in [3.05, 3.63) is 84.4 Å². The lowest BCUT2D eigenvalue weighted by atomic mass is 9.95. The van der Waals surface area contributed by atoms with E-state index in [2.05, 4.69) is 5.32 Å². The third-order valence-electron chi connectivity index (χ3n) is 7.80. The normalized spacial score (nSPS) is 14.4. The molecule has 3 aromatic carbocycles. The van der Waals surface area contributed by atoms with Crippen LogP contribution in [0.15, 0.2) is 83.8 Å². The average Bonchev–Trinajstić information content (AvgIpc) is 3.04. The fourth-order valence-electron chi connectivity index (χ4n) is 5.47. The van der Waals surface area contributed by atoms with Crippen LogP contribution in [0.1, 0.15) is 51.0 Å². The smallest absolute Gasteiger partial charge is 0.264 e. The molecule has 9 nitrogen and oxygen atoms in total. The zero-order valence-electron chi connectivity index (χ0n) is 25.1. The number of ether oxygens (including phenoxy) is 2. The minimum absolute atomic E-state index is 0.0569. The summed E-state index contributed by atoms with van der Waals surface area (Å²) in [6.45, 7) is 1.53. The maximum Gasteiger partial charge on any atom is 0.264 e. The topological polar surface area (TPSA) is 105 Å². The van der Waals surface area contributed by atoms with E-state index in [9.17, 15) is 18.0 Å². The summed E-state index contributed by atoms with van der Waals surface area (Å²) in [7, 11) is -1.34. The van der Waals surface area contributed by atoms with Gasteiger partial charge in [0, 0.05) is 18.7 Å². The fourth-order valence-corrected chi connectivity index (χ4v) is 6.90. The van der Waals surface area contributed by atoms with Gasteiger partial charge in [0.25, 0.3) is 10.0 Å². The Morgan fingerprint density at radius 2 is 1.51 bits per heavy atom. The Bertz CT molecular complexity index is 1460. The third kappa shape index (κ3) is 7.87. The number of methoxy groups -OCH3 is 2. The number of nitrogens with one attached hydrogen (secondary N) is 1. The molecule has 0 aromatic heterocycles. The number of hydrogen-bond donors (Lipinski definition) is 1. The minimum atomic E-state index is -4.24. The number of rotatable bonds is 13. The van der Waals surface area contributed by atoms with Crippen LogP contribution >= 0.6 is 0 Å². The molecular formula is C33H41N3O6S. The van der Waals surface area contributed by atoms with Gasteiger partial charge in [-0.05, 0) is 49.1 Å². The molecule has 1 saturated carbocycles. The van der Waals surface area contributed by atoms with E-state index >= 15 is 0 Å². The number of carbonyl (C=O) groups is 2. The van der Waals surface area contributed by atoms with Gasteiger partial charge in [-0.1, -0.05) is 74.7 Å². The van der Waals surface area contributed by atoms with Crippen LogP contribution in [-0.4, -0.2) is 58.0 Å². The van der Waals surface area contributed by atoms with E-state index in [0.717, 1.165) is 42.0 Å². The number of para-hydroxylation sites is 1. The lowest BCUT2D eigenvalue weighted by Crippen LogP contribution is -2.54. The van der Waals surface area contributed by atoms with Crippen LogP contribution in [0.4, 0.5) is 5.69 Å². The van der Waals surface area contributed by atoms with Gasteiger partial charge >= 0.3 is 0 Å². The molecule has 0 saturated heterocycles. The van der Waals surface area contributed by atoms with Gasteiger partial charge in [-0.2, -0.15) is 0 Å². The second-order valence-corrected chi connectivity index (χ2v) is 12.5. The predicted molar refractivity (Wildman–Crippen MR) is 167 cm³/mol. The van der Waals surface area contributed by atoms with Gasteiger partial charge in [0.05, 0.1) is 24.8 Å². The van der Waals surface area contributed by atoms with E-state index in [1.807, 2.05) is 37.3 Å². The molecule has 0 aliphatic heterocycles. The maximum absolute atomic E-state index is 14.2. The fraction of sp³-hybridized carbons (Fsp3) is 0.394. The molecule has 0 bridgehead atoms. The number of sulfonamides is 1. The Kier molecular flexibility index (Phi) is 11.1. The molecule has 3 aromatic rings. The van der Waals surface area contributed by atoms with Gasteiger partial charge < -0.3 is 19.7 Å². The number of amides is 2. The molecule has 43 heavy (non-hydrogen) atoms. The Morgan fingerprint density at radius 3 is 2.12 bits per heavy atom. The highest BCUT2D eigenvalue weighted by Crippen LogP contribution is 2.32. The third-order valence-corrected chi connectivity index (χ3v) is 9.57. The summed E-state index contributed by atoms with van der Waals surface area (Å²) in [6.07, 6.45) is 5.50. The molecule has 230 valence electrons. The first-order chi connectivity index (χ1) is 20.8. The van der Waals surface area contributed by atoms with Gasteiger partial charge in [0.2, 0.25) is 11.8 Å². The van der Waals surface area contributed by atoms with Crippen molar-refractivity contribution in [3.8, 4) is 11.5 Å². The molecule has 1 aliphatic carbocycles. The molecular weight excluding hydrogens is 566 g/mol. The van der Waals surface area contributed by atoms with Crippen LogP contribution < -0.4 is 19.1 Å². The highest BCUT2D eigenvalue weighted by molar-refractivity contribution is 7.92. The van der Waals surface area contributed by atoms with Gasteiger partial charge in [-0.25, -0.2) is 8.42 Å². The predicted octanol–water partition coefficient (Wildman–Crippen LogP) is 5.16. The number of nitrogens with zero attached hydrogens (tertiary/aromatic N) is 2. The van der Waals surface area contributed by atoms with E-state index in [0.29, 0.717) is 17.9 Å². The van der Waals surface area contributed by atoms with E-state index in [1.165, 1.54) is 37.3 Å². The van der Waals surface area contributed by atoms with Crippen LogP contribution in [0.3, 0.4) is 0 Å². The zero-order valence-corrected chi connectivity index (χ0v) is 25.9. The zero-order chi connectivity index (χ0) is 30.8. The first kappa shape index (κ1) is 31.9. The maximum atomic E-state index is 14.2. The molecule has 0 spiro atoms. The van der Waals surface area contributed by atoms with E-state index < -0.39 is 28.5 Å². The second kappa shape index (κ2) is 14.9. The van der Waals surface area contributed by atoms with Crippen LogP contribution in [0.5, 0.6) is 11.5 Å². The average molecular weight is 608 g/mol. The van der Waals surface area contributed by atoms with Gasteiger partial charge in [-0.3, -0.25) is 13.9 Å². The Hall–Kier alpha value is -4.05. The number of benzene rings is 3. The van der Waals surface area contributed by atoms with Gasteiger partial charge in [0.15, 0.2) is 11.5 Å². The highest BCUT2D eigenvalue weighted by atomic mass is 32.2. The van der Waals surface area contributed by atoms with Gasteiger partial charge in [-0.15, -0.1) is 0 Å². The second-order valence-electron chi connectivity index (χ2n) is 10.6. The summed E-state index contributed by atoms with van der Waals surface area (Å²) in [5, 5.41) is 3.17. The van der Waals surface area contributed by atoms with Crippen molar-refractivity contribution < 1.29 is 27.5 Å². The Balaban J connectivity index is 1.70. The van der Waals surface area contributed by atoms with E-state index in [1.54, 1.807) is 30.3 Å². The van der Waals surface area contributed by atoms with E-state index in [-0.39, 0.29) is 29.1 Å². The number of carbonyl (C=O) groups excluding carboxylic acids is 2. The largest absolute Gasteiger partial charge is 0.493 e. The van der Waals surface area contributed by atoms with Crippen molar-refractivity contribution in [2.24, 2.45) is 0 Å². The van der Waals surface area contributed by atoms with Crippen molar-refractivity contribution in [3.63, 3.8) is 0 Å². The molecule has 2 amide bonds. The summed E-state index contributed by atoms with van der Waals surface area (Å²) in [5.41, 5.74) is 1.17. The highest BCUT2D eigenvalue weighted by Gasteiger charge is 2.34. The Morgan fingerprint density at radius 1 is 0.884 bits per heavy atom. The first-order valence-corrected chi connectivity index (χ1v) is 16.2. The molecule has 1 aliphatic rings. The summed E-state index contributed by atoms with van der Waals surface area (Å²) < 4.78 is 40.0. The van der Waals surface area contributed by atoms with Crippen molar-refractivity contribution in [2.75, 3.05) is 25.1 Å².